The Bertz CT molecular complexity index is 635. The molecule has 0 saturated carbocycles. The van der Waals surface area contributed by atoms with Crippen LogP contribution in [0.4, 0.5) is 0 Å². The topological polar surface area (TPSA) is 86.7 Å². The van der Waals surface area contributed by atoms with Gasteiger partial charge in [0.15, 0.2) is 0 Å². The van der Waals surface area contributed by atoms with Gasteiger partial charge in [0.05, 0.1) is 0 Å². The number of carbonyl (C=O) groups is 3. The summed E-state index contributed by atoms with van der Waals surface area (Å²) in [6, 6.07) is 6.36. The summed E-state index contributed by atoms with van der Waals surface area (Å²) in [6.45, 7) is 5.07. The lowest BCUT2D eigenvalue weighted by Crippen LogP contribution is -2.56. The van der Waals surface area contributed by atoms with E-state index in [0.717, 1.165) is 0 Å². The van der Waals surface area contributed by atoms with Crippen LogP contribution in [0, 0.1) is 0 Å². The Morgan fingerprint density at radius 3 is 2.08 bits per heavy atom. The highest BCUT2D eigenvalue weighted by Gasteiger charge is 2.41. The molecule has 2 amide bonds. The molecule has 0 aliphatic carbocycles. The van der Waals surface area contributed by atoms with E-state index >= 15 is 0 Å². The third kappa shape index (κ3) is 4.34. The minimum atomic E-state index is -1.20. The lowest BCUT2D eigenvalue weighted by atomic mass is 9.91. The number of amides is 2. The van der Waals surface area contributed by atoms with Gasteiger partial charge in [-0.25, -0.2) is 4.79 Å². The summed E-state index contributed by atoms with van der Waals surface area (Å²) in [5, 5.41) is 12.2. The molecule has 1 aromatic carbocycles. The van der Waals surface area contributed by atoms with Crippen LogP contribution in [-0.4, -0.2) is 57.9 Å². The Hall–Kier alpha value is -2.02. The van der Waals surface area contributed by atoms with Gasteiger partial charge in [-0.15, -0.1) is 0 Å². The fourth-order valence-corrected chi connectivity index (χ4v) is 4.05. The molecule has 2 N–H and O–H groups in total. The van der Waals surface area contributed by atoms with Crippen molar-refractivity contribution in [1.29, 1.82) is 0 Å². The van der Waals surface area contributed by atoms with Gasteiger partial charge < -0.3 is 15.3 Å². The van der Waals surface area contributed by atoms with Crippen molar-refractivity contribution in [2.45, 2.75) is 32.2 Å². The van der Waals surface area contributed by atoms with Crippen molar-refractivity contribution >= 4 is 29.5 Å². The van der Waals surface area contributed by atoms with Crippen molar-refractivity contribution in [2.24, 2.45) is 0 Å². The second kappa shape index (κ2) is 8.38. The van der Waals surface area contributed by atoms with Crippen LogP contribution < -0.4 is 5.32 Å². The van der Waals surface area contributed by atoms with Crippen LogP contribution in [0.15, 0.2) is 24.3 Å². The van der Waals surface area contributed by atoms with E-state index in [4.69, 9.17) is 0 Å². The Labute approximate surface area is 152 Å². The predicted octanol–water partition coefficient (Wildman–Crippen LogP) is 2.25. The Kier molecular flexibility index (Phi) is 6.47. The molecule has 0 bridgehead atoms. The Morgan fingerprint density at radius 1 is 1.08 bits per heavy atom. The first kappa shape index (κ1) is 19.3. The molecule has 0 aromatic heterocycles. The summed E-state index contributed by atoms with van der Waals surface area (Å²) < 4.78 is 0. The monoisotopic (exact) mass is 364 g/mol. The molecule has 0 atom stereocenters. The summed E-state index contributed by atoms with van der Waals surface area (Å²) in [6.07, 6.45) is 0.828. The molecule has 2 rings (SSSR count). The van der Waals surface area contributed by atoms with Crippen molar-refractivity contribution in [2.75, 3.05) is 24.6 Å². The van der Waals surface area contributed by atoms with Gasteiger partial charge in [0.1, 0.15) is 5.54 Å². The average Bonchev–Trinajstić information content (AvgIpc) is 2.63. The number of carboxylic acids is 1. The molecule has 1 aliphatic heterocycles. The highest BCUT2D eigenvalue weighted by Crippen LogP contribution is 2.27. The number of rotatable bonds is 6. The average molecular weight is 364 g/mol. The van der Waals surface area contributed by atoms with E-state index in [1.807, 2.05) is 13.8 Å². The molecule has 1 fully saturated rings. The molecule has 0 spiro atoms. The number of thioether (sulfide) groups is 1. The van der Waals surface area contributed by atoms with Crippen molar-refractivity contribution in [3.05, 3.63) is 35.4 Å². The molecule has 25 heavy (non-hydrogen) atoms. The molecule has 136 valence electrons. The Balaban J connectivity index is 2.12. The third-order valence-electron chi connectivity index (χ3n) is 4.55. The number of nitrogens with one attached hydrogen (secondary N) is 1. The maximum Gasteiger partial charge on any atom is 0.329 e. The van der Waals surface area contributed by atoms with Gasteiger partial charge >= 0.3 is 5.97 Å². The molecular formula is C18H24N2O4S. The molecule has 7 heteroatoms. The van der Waals surface area contributed by atoms with Crippen LogP contribution in [0.25, 0.3) is 0 Å². The van der Waals surface area contributed by atoms with Gasteiger partial charge in [-0.2, -0.15) is 11.8 Å². The zero-order valence-corrected chi connectivity index (χ0v) is 15.4. The number of carbonyl (C=O) groups excluding carboxylic acids is 2. The molecular weight excluding hydrogens is 340 g/mol. The van der Waals surface area contributed by atoms with E-state index in [-0.39, 0.29) is 5.91 Å². The van der Waals surface area contributed by atoms with Crippen LogP contribution >= 0.6 is 11.8 Å². The van der Waals surface area contributed by atoms with Gasteiger partial charge in [-0.05, 0) is 62.5 Å². The van der Waals surface area contributed by atoms with Crippen LogP contribution in [0.3, 0.4) is 0 Å². The Morgan fingerprint density at radius 2 is 1.60 bits per heavy atom. The van der Waals surface area contributed by atoms with Crippen molar-refractivity contribution in [3.63, 3.8) is 0 Å². The molecule has 6 nitrogen and oxygen atoms in total. The SMILES string of the molecule is CCN(CC)C(=O)c1ccc(C(=O)NC2(C(=O)O)CCSCC2)cc1. The zero-order chi connectivity index (χ0) is 18.4. The van der Waals surface area contributed by atoms with Crippen molar-refractivity contribution in [3.8, 4) is 0 Å². The van der Waals surface area contributed by atoms with E-state index < -0.39 is 17.4 Å². The first-order chi connectivity index (χ1) is 11.9. The number of aliphatic carboxylic acids is 1. The number of nitrogens with zero attached hydrogens (tertiary/aromatic N) is 1. The van der Waals surface area contributed by atoms with Gasteiger partial charge in [-0.1, -0.05) is 0 Å². The molecule has 0 unspecified atom stereocenters. The smallest absolute Gasteiger partial charge is 0.329 e. The van der Waals surface area contributed by atoms with Gasteiger partial charge in [-0.3, -0.25) is 9.59 Å². The highest BCUT2D eigenvalue weighted by molar-refractivity contribution is 7.99. The largest absolute Gasteiger partial charge is 0.480 e. The molecule has 1 heterocycles. The second-order valence-electron chi connectivity index (χ2n) is 6.01. The fraction of sp³-hybridized carbons (Fsp3) is 0.500. The number of benzene rings is 1. The normalized spacial score (nSPS) is 16.1. The van der Waals surface area contributed by atoms with Gasteiger partial charge in [0, 0.05) is 24.2 Å². The minimum absolute atomic E-state index is 0.0803. The van der Waals surface area contributed by atoms with Gasteiger partial charge in [0.2, 0.25) is 0 Å². The summed E-state index contributed by atoms with van der Waals surface area (Å²) in [7, 11) is 0. The van der Waals surface area contributed by atoms with Gasteiger partial charge in [0.25, 0.3) is 11.8 Å². The number of hydrogen-bond acceptors (Lipinski definition) is 4. The van der Waals surface area contributed by atoms with E-state index in [9.17, 15) is 19.5 Å². The maximum absolute atomic E-state index is 12.5. The number of carboxylic acid groups (broad SMARTS) is 1. The van der Waals surface area contributed by atoms with Crippen molar-refractivity contribution in [1.82, 2.24) is 10.2 Å². The summed E-state index contributed by atoms with van der Waals surface area (Å²) in [5.41, 5.74) is -0.324. The van der Waals surface area contributed by atoms with E-state index in [1.165, 1.54) is 0 Å². The standard InChI is InChI=1S/C18H24N2O4S/c1-3-20(4-2)16(22)14-7-5-13(6-8-14)15(21)19-18(17(23)24)9-11-25-12-10-18/h5-8H,3-4,9-12H2,1-2H3,(H,19,21)(H,23,24). The zero-order valence-electron chi connectivity index (χ0n) is 14.6. The second-order valence-corrected chi connectivity index (χ2v) is 7.23. The highest BCUT2D eigenvalue weighted by atomic mass is 32.2. The minimum Gasteiger partial charge on any atom is -0.480 e. The molecule has 1 aliphatic rings. The van der Waals surface area contributed by atoms with Crippen LogP contribution in [0.5, 0.6) is 0 Å². The summed E-state index contributed by atoms with van der Waals surface area (Å²) >= 11 is 1.69. The van der Waals surface area contributed by atoms with E-state index in [1.54, 1.807) is 40.9 Å². The predicted molar refractivity (Wildman–Crippen MR) is 98.1 cm³/mol. The van der Waals surface area contributed by atoms with E-state index in [2.05, 4.69) is 5.32 Å². The third-order valence-corrected chi connectivity index (χ3v) is 5.54. The lowest BCUT2D eigenvalue weighted by Gasteiger charge is -2.33. The van der Waals surface area contributed by atoms with E-state index in [0.29, 0.717) is 48.6 Å². The van der Waals surface area contributed by atoms with Crippen LogP contribution in [0.2, 0.25) is 0 Å². The van der Waals surface area contributed by atoms with Crippen LogP contribution in [0.1, 0.15) is 47.4 Å². The molecule has 0 radical (unpaired) electrons. The number of hydrogen-bond donors (Lipinski definition) is 2. The lowest BCUT2D eigenvalue weighted by molar-refractivity contribution is -0.144. The maximum atomic E-state index is 12.5. The molecule has 1 saturated heterocycles. The summed E-state index contributed by atoms with van der Waals surface area (Å²) in [5.74, 6) is -0.0674. The quantitative estimate of drug-likeness (QED) is 0.808. The first-order valence-corrected chi connectivity index (χ1v) is 9.62. The first-order valence-electron chi connectivity index (χ1n) is 8.46. The summed E-state index contributed by atoms with van der Waals surface area (Å²) in [4.78, 5) is 38.1. The molecule has 1 aromatic rings. The fourth-order valence-electron chi connectivity index (χ4n) is 2.86. The van der Waals surface area contributed by atoms with Crippen LogP contribution in [-0.2, 0) is 4.79 Å². The van der Waals surface area contributed by atoms with Crippen molar-refractivity contribution < 1.29 is 19.5 Å².